The van der Waals surface area contributed by atoms with Crippen molar-refractivity contribution in [3.8, 4) is 0 Å². The maximum absolute atomic E-state index is 6.23. The van der Waals surface area contributed by atoms with E-state index >= 15 is 0 Å². The summed E-state index contributed by atoms with van der Waals surface area (Å²) in [4.78, 5) is 5.14. The van der Waals surface area contributed by atoms with Crippen LogP contribution in [0.5, 0.6) is 0 Å². The minimum atomic E-state index is 0.229. The highest BCUT2D eigenvalue weighted by atomic mass is 15.3. The van der Waals surface area contributed by atoms with Crippen LogP contribution in [0.3, 0.4) is 0 Å². The second kappa shape index (κ2) is 5.89. The molecule has 0 spiro atoms. The first kappa shape index (κ1) is 15.9. The Morgan fingerprint density at radius 2 is 1.44 bits per heavy atom. The summed E-state index contributed by atoms with van der Waals surface area (Å²) in [5.74, 6) is 0. The van der Waals surface area contributed by atoms with Gasteiger partial charge in [-0.2, -0.15) is 0 Å². The summed E-state index contributed by atoms with van der Waals surface area (Å²) >= 11 is 0. The van der Waals surface area contributed by atoms with Crippen molar-refractivity contribution in [2.75, 3.05) is 32.7 Å². The van der Waals surface area contributed by atoms with Gasteiger partial charge < -0.3 is 10.6 Å². The van der Waals surface area contributed by atoms with E-state index in [9.17, 15) is 0 Å². The highest BCUT2D eigenvalue weighted by Crippen LogP contribution is 2.21. The van der Waals surface area contributed by atoms with Gasteiger partial charge in [0.05, 0.1) is 0 Å². The highest BCUT2D eigenvalue weighted by molar-refractivity contribution is 4.83. The fraction of sp³-hybridized carbons (Fsp3) is 1.00. The van der Waals surface area contributed by atoms with Gasteiger partial charge in [-0.05, 0) is 39.2 Å². The van der Waals surface area contributed by atoms with Crippen LogP contribution in [-0.4, -0.2) is 54.1 Å². The van der Waals surface area contributed by atoms with Crippen LogP contribution in [0.15, 0.2) is 0 Å². The minimum absolute atomic E-state index is 0.229. The number of hydrogen-bond acceptors (Lipinski definition) is 3. The number of hydrogen-bond donors (Lipinski definition) is 1. The van der Waals surface area contributed by atoms with E-state index in [4.69, 9.17) is 5.73 Å². The zero-order valence-electron chi connectivity index (χ0n) is 13.3. The van der Waals surface area contributed by atoms with E-state index in [-0.39, 0.29) is 5.41 Å². The van der Waals surface area contributed by atoms with Crippen LogP contribution in [0.2, 0.25) is 0 Å². The van der Waals surface area contributed by atoms with Crippen LogP contribution in [0.4, 0.5) is 0 Å². The summed E-state index contributed by atoms with van der Waals surface area (Å²) in [7, 11) is 0. The fourth-order valence-electron chi connectivity index (χ4n) is 2.40. The van der Waals surface area contributed by atoms with Gasteiger partial charge in [0.15, 0.2) is 0 Å². The van der Waals surface area contributed by atoms with Crippen LogP contribution in [0.1, 0.15) is 48.0 Å². The van der Waals surface area contributed by atoms with Crippen LogP contribution in [0.25, 0.3) is 0 Å². The molecule has 2 N–H and O–H groups in total. The van der Waals surface area contributed by atoms with Gasteiger partial charge in [0.2, 0.25) is 0 Å². The van der Waals surface area contributed by atoms with Crippen LogP contribution < -0.4 is 5.73 Å². The Bertz CT molecular complexity index is 241. The van der Waals surface area contributed by atoms with E-state index in [1.54, 1.807) is 0 Å². The lowest BCUT2D eigenvalue weighted by Crippen LogP contribution is -2.54. The van der Waals surface area contributed by atoms with Crippen molar-refractivity contribution >= 4 is 0 Å². The topological polar surface area (TPSA) is 32.5 Å². The van der Waals surface area contributed by atoms with E-state index in [1.807, 2.05) is 0 Å². The Morgan fingerprint density at radius 1 is 0.944 bits per heavy atom. The fourth-order valence-corrected chi connectivity index (χ4v) is 2.40. The first-order chi connectivity index (χ1) is 8.10. The lowest BCUT2D eigenvalue weighted by atomic mass is 9.85. The van der Waals surface area contributed by atoms with Gasteiger partial charge in [0.1, 0.15) is 0 Å². The number of nitrogens with two attached hydrogens (primary N) is 1. The number of piperazine rings is 1. The molecular weight excluding hydrogens is 222 g/mol. The van der Waals surface area contributed by atoms with Gasteiger partial charge in [0.25, 0.3) is 0 Å². The Morgan fingerprint density at radius 3 is 1.83 bits per heavy atom. The van der Waals surface area contributed by atoms with Crippen molar-refractivity contribution in [2.24, 2.45) is 11.1 Å². The third-order valence-electron chi connectivity index (χ3n) is 4.19. The summed E-state index contributed by atoms with van der Waals surface area (Å²) in [6, 6.07) is 0.304. The molecule has 1 aliphatic heterocycles. The summed E-state index contributed by atoms with van der Waals surface area (Å²) < 4.78 is 0. The molecule has 0 amide bonds. The van der Waals surface area contributed by atoms with Crippen LogP contribution >= 0.6 is 0 Å². The molecule has 1 rings (SSSR count). The molecule has 1 heterocycles. The average Bonchev–Trinajstić information content (AvgIpc) is 2.24. The molecule has 1 atom stereocenters. The second-order valence-electron chi connectivity index (χ2n) is 7.76. The van der Waals surface area contributed by atoms with Crippen molar-refractivity contribution in [2.45, 2.75) is 59.5 Å². The van der Waals surface area contributed by atoms with E-state index in [0.29, 0.717) is 11.6 Å². The predicted octanol–water partition coefficient (Wildman–Crippen LogP) is 2.17. The monoisotopic (exact) mass is 255 g/mol. The predicted molar refractivity (Wildman–Crippen MR) is 79.8 cm³/mol. The van der Waals surface area contributed by atoms with Crippen LogP contribution in [0, 0.1) is 5.41 Å². The van der Waals surface area contributed by atoms with Gasteiger partial charge in [-0.3, -0.25) is 4.90 Å². The lowest BCUT2D eigenvalue weighted by Gasteiger charge is -2.42. The maximum Gasteiger partial charge on any atom is 0.0126 e. The van der Waals surface area contributed by atoms with Gasteiger partial charge in [0, 0.05) is 37.8 Å². The molecule has 1 fully saturated rings. The maximum atomic E-state index is 6.23. The Kier molecular flexibility index (Phi) is 5.22. The molecule has 108 valence electrons. The largest absolute Gasteiger partial charge is 0.327 e. The molecule has 0 bridgehead atoms. The van der Waals surface area contributed by atoms with E-state index in [1.165, 1.54) is 26.2 Å². The van der Waals surface area contributed by atoms with Crippen molar-refractivity contribution < 1.29 is 0 Å². The quantitative estimate of drug-likeness (QED) is 0.839. The van der Waals surface area contributed by atoms with E-state index in [2.05, 4.69) is 51.3 Å². The molecule has 3 heteroatoms. The first-order valence-electron chi connectivity index (χ1n) is 7.34. The van der Waals surface area contributed by atoms with Gasteiger partial charge in [-0.15, -0.1) is 0 Å². The third-order valence-corrected chi connectivity index (χ3v) is 4.19. The first-order valence-corrected chi connectivity index (χ1v) is 7.34. The third kappa shape index (κ3) is 4.87. The zero-order chi connectivity index (χ0) is 14.0. The molecule has 1 unspecified atom stereocenters. The molecule has 0 radical (unpaired) electrons. The smallest absolute Gasteiger partial charge is 0.0126 e. The molecule has 1 aliphatic rings. The summed E-state index contributed by atoms with van der Waals surface area (Å²) in [6.07, 6.45) is 1.11. The normalized spacial score (nSPS) is 22.2. The minimum Gasteiger partial charge on any atom is -0.327 e. The number of nitrogens with zero attached hydrogens (tertiary/aromatic N) is 2. The molecule has 0 aromatic carbocycles. The lowest BCUT2D eigenvalue weighted by molar-refractivity contribution is 0.0594. The van der Waals surface area contributed by atoms with E-state index < -0.39 is 0 Å². The van der Waals surface area contributed by atoms with Crippen molar-refractivity contribution in [1.82, 2.24) is 9.80 Å². The molecule has 3 nitrogen and oxygen atoms in total. The summed E-state index contributed by atoms with van der Waals surface area (Å²) in [5, 5.41) is 0. The standard InChI is InChI=1S/C15H33N3/c1-14(2,3)13(16)7-8-17-9-11-18(12-10-17)15(4,5)6/h13H,7-12,16H2,1-6H3. The molecule has 18 heavy (non-hydrogen) atoms. The summed E-state index contributed by atoms with van der Waals surface area (Å²) in [6.45, 7) is 19.5. The van der Waals surface area contributed by atoms with Crippen molar-refractivity contribution in [3.63, 3.8) is 0 Å². The molecule has 0 aromatic rings. The molecular formula is C15H33N3. The summed E-state index contributed by atoms with van der Waals surface area (Å²) in [5.41, 5.74) is 6.77. The Balaban J connectivity index is 2.28. The zero-order valence-corrected chi connectivity index (χ0v) is 13.3. The van der Waals surface area contributed by atoms with Gasteiger partial charge in [-0.25, -0.2) is 0 Å². The van der Waals surface area contributed by atoms with Crippen molar-refractivity contribution in [1.29, 1.82) is 0 Å². The molecule has 0 saturated carbocycles. The van der Waals surface area contributed by atoms with Crippen LogP contribution in [-0.2, 0) is 0 Å². The molecule has 0 aromatic heterocycles. The Labute approximate surface area is 114 Å². The molecule has 1 saturated heterocycles. The number of rotatable bonds is 3. The van der Waals surface area contributed by atoms with E-state index in [0.717, 1.165) is 13.0 Å². The van der Waals surface area contributed by atoms with Crippen molar-refractivity contribution in [3.05, 3.63) is 0 Å². The molecule has 0 aliphatic carbocycles. The second-order valence-corrected chi connectivity index (χ2v) is 7.76. The SMILES string of the molecule is CC(C)(C)C(N)CCN1CCN(C(C)(C)C)CC1. The highest BCUT2D eigenvalue weighted by Gasteiger charge is 2.26. The van der Waals surface area contributed by atoms with Gasteiger partial charge >= 0.3 is 0 Å². The Hall–Kier alpha value is -0.120. The van der Waals surface area contributed by atoms with Gasteiger partial charge in [-0.1, -0.05) is 20.8 Å². The average molecular weight is 255 g/mol.